The van der Waals surface area contributed by atoms with Crippen molar-refractivity contribution in [1.82, 2.24) is 5.32 Å². The van der Waals surface area contributed by atoms with E-state index in [0.717, 1.165) is 7.57 Å². The van der Waals surface area contributed by atoms with Gasteiger partial charge in [0, 0.05) is 6.54 Å². The normalized spacial score (nSPS) is 12.5. The molecule has 18 heavy (non-hydrogen) atoms. The molecule has 0 spiro atoms. The van der Waals surface area contributed by atoms with Gasteiger partial charge in [-0.25, -0.2) is 0 Å². The van der Waals surface area contributed by atoms with E-state index in [2.05, 4.69) is 37.2 Å². The summed E-state index contributed by atoms with van der Waals surface area (Å²) in [6.07, 6.45) is 0. The first kappa shape index (κ1) is 15.7. The lowest BCUT2D eigenvalue weighted by Crippen LogP contribution is -2.35. The summed E-state index contributed by atoms with van der Waals surface area (Å²) in [4.78, 5) is 22.9. The van der Waals surface area contributed by atoms with Gasteiger partial charge in [-0.2, -0.15) is 0 Å². The molecule has 2 N–H and O–H groups in total. The van der Waals surface area contributed by atoms with Crippen LogP contribution in [-0.2, 0) is 4.79 Å². The second-order valence-electron chi connectivity index (χ2n) is 4.14. The summed E-state index contributed by atoms with van der Waals surface area (Å²) in [5, 5.41) is 11.7. The number of carboxylic acids is 1. The molecule has 0 aliphatic rings. The van der Waals surface area contributed by atoms with E-state index in [1.807, 2.05) is 13.8 Å². The number of hydrogen-bond acceptors (Lipinski definition) is 3. The molecule has 0 radical (unpaired) electrons. The summed E-state index contributed by atoms with van der Waals surface area (Å²) in [6, 6.07) is 1.70. The van der Waals surface area contributed by atoms with Crippen molar-refractivity contribution in [2.24, 2.45) is 11.8 Å². The van der Waals surface area contributed by atoms with E-state index < -0.39 is 11.9 Å². The number of aliphatic carboxylic acids is 1. The van der Waals surface area contributed by atoms with Crippen LogP contribution in [0.4, 0.5) is 0 Å². The van der Waals surface area contributed by atoms with Gasteiger partial charge in [0.05, 0.1) is 19.1 Å². The van der Waals surface area contributed by atoms with Crippen LogP contribution in [0.25, 0.3) is 0 Å². The van der Waals surface area contributed by atoms with E-state index in [1.54, 1.807) is 6.07 Å². The van der Waals surface area contributed by atoms with Gasteiger partial charge in [-0.05, 0) is 43.8 Å². The van der Waals surface area contributed by atoms with Crippen LogP contribution in [0.5, 0.6) is 0 Å². The SMILES string of the molecule is CC(C)C(CNC(=O)c1cc(Br)sc1Br)C(=O)O. The van der Waals surface area contributed by atoms with Crippen LogP contribution in [-0.4, -0.2) is 23.5 Å². The fourth-order valence-corrected chi connectivity index (χ4v) is 4.19. The van der Waals surface area contributed by atoms with E-state index in [1.165, 1.54) is 11.3 Å². The Balaban J connectivity index is 2.66. The number of carbonyl (C=O) groups is 2. The van der Waals surface area contributed by atoms with Crippen molar-refractivity contribution < 1.29 is 14.7 Å². The molecule has 0 aliphatic carbocycles. The molecular weight excluding hydrogens is 386 g/mol. The van der Waals surface area contributed by atoms with Gasteiger partial charge in [-0.1, -0.05) is 13.8 Å². The number of thiophene rings is 1. The Kier molecular flexibility index (Phi) is 5.81. The molecule has 1 aromatic heterocycles. The molecule has 1 aromatic rings. The molecule has 0 saturated heterocycles. The summed E-state index contributed by atoms with van der Waals surface area (Å²) >= 11 is 7.99. The van der Waals surface area contributed by atoms with E-state index in [-0.39, 0.29) is 18.4 Å². The molecule has 1 heterocycles. The molecule has 1 atom stereocenters. The minimum atomic E-state index is -0.893. The number of halogens is 2. The average molecular weight is 399 g/mol. The number of amides is 1. The topological polar surface area (TPSA) is 66.4 Å². The predicted octanol–water partition coefficient (Wildman–Crippen LogP) is 3.36. The molecule has 0 bridgehead atoms. The third-order valence-electron chi connectivity index (χ3n) is 2.51. The van der Waals surface area contributed by atoms with Crippen molar-refractivity contribution in [1.29, 1.82) is 0 Å². The minimum absolute atomic E-state index is 0.0274. The largest absolute Gasteiger partial charge is 0.481 e. The second kappa shape index (κ2) is 6.68. The third kappa shape index (κ3) is 4.07. The van der Waals surface area contributed by atoms with Crippen LogP contribution in [0.1, 0.15) is 24.2 Å². The zero-order valence-corrected chi connectivity index (χ0v) is 13.9. The molecular formula is C11H13Br2NO3S. The highest BCUT2D eigenvalue weighted by Crippen LogP contribution is 2.31. The summed E-state index contributed by atoms with van der Waals surface area (Å²) in [5.41, 5.74) is 0.514. The Morgan fingerprint density at radius 1 is 1.44 bits per heavy atom. The van der Waals surface area contributed by atoms with Crippen LogP contribution < -0.4 is 5.32 Å². The quantitative estimate of drug-likeness (QED) is 0.798. The van der Waals surface area contributed by atoms with E-state index >= 15 is 0 Å². The first-order valence-electron chi connectivity index (χ1n) is 5.28. The molecule has 1 amide bonds. The van der Waals surface area contributed by atoms with Gasteiger partial charge < -0.3 is 10.4 Å². The molecule has 4 nitrogen and oxygen atoms in total. The molecule has 7 heteroatoms. The molecule has 1 unspecified atom stereocenters. The number of hydrogen-bond donors (Lipinski definition) is 2. The Morgan fingerprint density at radius 2 is 2.06 bits per heavy atom. The Morgan fingerprint density at radius 3 is 2.44 bits per heavy atom. The van der Waals surface area contributed by atoms with Gasteiger partial charge in [-0.3, -0.25) is 9.59 Å². The number of carboxylic acid groups (broad SMARTS) is 1. The smallest absolute Gasteiger partial charge is 0.308 e. The van der Waals surface area contributed by atoms with Crippen LogP contribution in [0, 0.1) is 11.8 Å². The minimum Gasteiger partial charge on any atom is -0.481 e. The molecule has 1 rings (SSSR count). The first-order chi connectivity index (χ1) is 8.32. The summed E-state index contributed by atoms with van der Waals surface area (Å²) < 4.78 is 1.57. The predicted molar refractivity (Wildman–Crippen MR) is 78.0 cm³/mol. The lowest BCUT2D eigenvalue weighted by Gasteiger charge is -2.16. The van der Waals surface area contributed by atoms with Crippen LogP contribution >= 0.6 is 43.2 Å². The Hall–Kier alpha value is -0.400. The van der Waals surface area contributed by atoms with Gasteiger partial charge >= 0.3 is 5.97 Å². The van der Waals surface area contributed by atoms with Gasteiger partial charge in [0.2, 0.25) is 0 Å². The van der Waals surface area contributed by atoms with Gasteiger partial charge in [0.1, 0.15) is 0 Å². The average Bonchev–Trinajstić information content (AvgIpc) is 2.56. The van der Waals surface area contributed by atoms with Crippen molar-refractivity contribution >= 4 is 55.1 Å². The highest BCUT2D eigenvalue weighted by Gasteiger charge is 2.23. The maximum Gasteiger partial charge on any atom is 0.308 e. The van der Waals surface area contributed by atoms with E-state index in [9.17, 15) is 9.59 Å². The van der Waals surface area contributed by atoms with Crippen molar-refractivity contribution in [3.63, 3.8) is 0 Å². The van der Waals surface area contributed by atoms with Crippen molar-refractivity contribution in [2.45, 2.75) is 13.8 Å². The van der Waals surface area contributed by atoms with E-state index in [4.69, 9.17) is 5.11 Å². The highest BCUT2D eigenvalue weighted by atomic mass is 79.9. The van der Waals surface area contributed by atoms with Crippen molar-refractivity contribution in [3.05, 3.63) is 19.2 Å². The number of nitrogens with one attached hydrogen (secondary N) is 1. The molecule has 0 aromatic carbocycles. The third-order valence-corrected chi connectivity index (χ3v) is 4.85. The standard InChI is InChI=1S/C11H13Br2NO3S/c1-5(2)7(11(16)17)4-14-10(15)6-3-8(12)18-9(6)13/h3,5,7H,4H2,1-2H3,(H,14,15)(H,16,17). The maximum absolute atomic E-state index is 11.9. The van der Waals surface area contributed by atoms with Gasteiger partial charge in [-0.15, -0.1) is 11.3 Å². The summed E-state index contributed by atoms with van der Waals surface area (Å²) in [6.45, 7) is 3.77. The second-order valence-corrected chi connectivity index (χ2v) is 7.89. The highest BCUT2D eigenvalue weighted by molar-refractivity contribution is 9.12. The monoisotopic (exact) mass is 397 g/mol. The molecule has 0 fully saturated rings. The van der Waals surface area contributed by atoms with Crippen LogP contribution in [0.15, 0.2) is 13.6 Å². The summed E-state index contributed by atoms with van der Waals surface area (Å²) in [7, 11) is 0. The van der Waals surface area contributed by atoms with Crippen LogP contribution in [0.2, 0.25) is 0 Å². The number of carbonyl (C=O) groups excluding carboxylic acids is 1. The van der Waals surface area contributed by atoms with Gasteiger partial charge in [0.25, 0.3) is 5.91 Å². The zero-order valence-electron chi connectivity index (χ0n) is 9.87. The summed E-state index contributed by atoms with van der Waals surface area (Å²) in [5.74, 6) is -1.76. The first-order valence-corrected chi connectivity index (χ1v) is 7.69. The van der Waals surface area contributed by atoms with Gasteiger partial charge in [0.15, 0.2) is 0 Å². The van der Waals surface area contributed by atoms with E-state index in [0.29, 0.717) is 5.56 Å². The fraction of sp³-hybridized carbons (Fsp3) is 0.455. The molecule has 0 saturated carbocycles. The lowest BCUT2D eigenvalue weighted by molar-refractivity contribution is -0.142. The Labute approximate surface area is 126 Å². The Bertz CT molecular complexity index is 459. The van der Waals surface area contributed by atoms with Crippen molar-refractivity contribution in [2.75, 3.05) is 6.54 Å². The maximum atomic E-state index is 11.9. The zero-order chi connectivity index (χ0) is 13.9. The van der Waals surface area contributed by atoms with Crippen LogP contribution in [0.3, 0.4) is 0 Å². The fourth-order valence-electron chi connectivity index (χ4n) is 1.40. The molecule has 0 aliphatic heterocycles. The molecule has 100 valence electrons. The lowest BCUT2D eigenvalue weighted by atomic mass is 9.96. The number of rotatable bonds is 5. The van der Waals surface area contributed by atoms with Crippen molar-refractivity contribution in [3.8, 4) is 0 Å².